The van der Waals surface area contributed by atoms with Crippen LogP contribution in [0.5, 0.6) is 0 Å². The van der Waals surface area contributed by atoms with Gasteiger partial charge in [-0.25, -0.2) is 0 Å². The zero-order valence-corrected chi connectivity index (χ0v) is 13.0. The number of thiophene rings is 1. The molecule has 104 valence electrons. The van der Waals surface area contributed by atoms with Gasteiger partial charge in [-0.15, -0.1) is 11.3 Å². The molecule has 0 aromatic carbocycles. The lowest BCUT2D eigenvalue weighted by Crippen LogP contribution is -2.26. The van der Waals surface area contributed by atoms with Crippen molar-refractivity contribution in [2.75, 3.05) is 18.1 Å². The summed E-state index contributed by atoms with van der Waals surface area (Å²) in [5.41, 5.74) is 0. The Morgan fingerprint density at radius 3 is 2.89 bits per heavy atom. The summed E-state index contributed by atoms with van der Waals surface area (Å²) in [6, 6.07) is 7.64. The van der Waals surface area contributed by atoms with Crippen LogP contribution < -0.4 is 5.32 Å². The van der Waals surface area contributed by atoms with Gasteiger partial charge < -0.3 is 9.73 Å². The molecule has 0 aliphatic heterocycles. The van der Waals surface area contributed by atoms with Crippen molar-refractivity contribution in [3.8, 4) is 0 Å². The van der Waals surface area contributed by atoms with Crippen LogP contribution in [0.2, 0.25) is 4.34 Å². The van der Waals surface area contributed by atoms with E-state index in [0.717, 1.165) is 15.0 Å². The molecule has 0 amide bonds. The minimum Gasteiger partial charge on any atom is -0.467 e. The van der Waals surface area contributed by atoms with E-state index >= 15 is 0 Å². The third-order valence-electron chi connectivity index (χ3n) is 2.71. The largest absolute Gasteiger partial charge is 0.467 e. The highest BCUT2D eigenvalue weighted by Gasteiger charge is 2.18. The third-order valence-corrected chi connectivity index (χ3v) is 5.31. The SMILES string of the molecule is CCS(=O)CCNC(c1ccco1)c1ccc(Cl)s1. The molecular weight excluding hydrogens is 302 g/mol. The summed E-state index contributed by atoms with van der Waals surface area (Å²) in [5.74, 6) is 2.19. The van der Waals surface area contributed by atoms with Crippen molar-refractivity contribution >= 4 is 33.7 Å². The molecule has 2 rings (SSSR count). The summed E-state index contributed by atoms with van der Waals surface area (Å²) in [7, 11) is -0.757. The molecule has 2 aromatic rings. The lowest BCUT2D eigenvalue weighted by atomic mass is 10.2. The second-order valence-corrected chi connectivity index (χ2v) is 7.59. The van der Waals surface area contributed by atoms with Gasteiger partial charge in [0.05, 0.1) is 10.6 Å². The highest BCUT2D eigenvalue weighted by Crippen LogP contribution is 2.31. The highest BCUT2D eigenvalue weighted by atomic mass is 35.5. The van der Waals surface area contributed by atoms with Crippen LogP contribution in [0.4, 0.5) is 0 Å². The lowest BCUT2D eigenvalue weighted by molar-refractivity contribution is 0.455. The molecule has 3 nitrogen and oxygen atoms in total. The molecule has 0 aliphatic carbocycles. The van der Waals surface area contributed by atoms with Gasteiger partial charge >= 0.3 is 0 Å². The Balaban J connectivity index is 2.05. The van der Waals surface area contributed by atoms with Crippen molar-refractivity contribution in [3.63, 3.8) is 0 Å². The second-order valence-electron chi connectivity index (χ2n) is 3.98. The molecule has 0 spiro atoms. The van der Waals surface area contributed by atoms with Crippen LogP contribution >= 0.6 is 22.9 Å². The Kier molecular flexibility index (Phi) is 5.63. The molecule has 2 unspecified atom stereocenters. The summed E-state index contributed by atoms with van der Waals surface area (Å²) in [5, 5.41) is 3.38. The fourth-order valence-electron chi connectivity index (χ4n) is 1.74. The van der Waals surface area contributed by atoms with E-state index in [1.807, 2.05) is 31.2 Å². The molecule has 0 saturated carbocycles. The van der Waals surface area contributed by atoms with Gasteiger partial charge in [-0.3, -0.25) is 4.21 Å². The predicted octanol–water partition coefficient (Wildman–Crippen LogP) is 3.44. The topological polar surface area (TPSA) is 42.2 Å². The zero-order valence-electron chi connectivity index (χ0n) is 10.6. The molecule has 0 fully saturated rings. The van der Waals surface area contributed by atoms with Crippen molar-refractivity contribution in [1.29, 1.82) is 0 Å². The Morgan fingerprint density at radius 2 is 2.32 bits per heavy atom. The second kappa shape index (κ2) is 7.24. The van der Waals surface area contributed by atoms with E-state index in [9.17, 15) is 4.21 Å². The predicted molar refractivity (Wildman–Crippen MR) is 81.4 cm³/mol. The van der Waals surface area contributed by atoms with Crippen molar-refractivity contribution < 1.29 is 8.63 Å². The first-order chi connectivity index (χ1) is 9.20. The van der Waals surface area contributed by atoms with Crippen molar-refractivity contribution in [1.82, 2.24) is 5.32 Å². The van der Waals surface area contributed by atoms with Gasteiger partial charge in [0.2, 0.25) is 0 Å². The molecule has 2 heterocycles. The molecule has 0 radical (unpaired) electrons. The van der Waals surface area contributed by atoms with Crippen molar-refractivity contribution in [2.24, 2.45) is 0 Å². The van der Waals surface area contributed by atoms with Crippen molar-refractivity contribution in [2.45, 2.75) is 13.0 Å². The van der Waals surface area contributed by atoms with E-state index in [4.69, 9.17) is 16.0 Å². The van der Waals surface area contributed by atoms with Crippen LogP contribution in [0.15, 0.2) is 34.9 Å². The standard InChI is InChI=1S/C13H16ClNO2S2/c1-2-19(16)9-7-15-13(10-4-3-8-17-10)11-5-6-12(14)18-11/h3-6,8,13,15H,2,7,9H2,1H3. The van der Waals surface area contributed by atoms with E-state index < -0.39 is 10.8 Å². The normalized spacial score (nSPS) is 14.4. The van der Waals surface area contributed by atoms with Crippen LogP contribution in [0.25, 0.3) is 0 Å². The number of furan rings is 1. The van der Waals surface area contributed by atoms with Crippen LogP contribution in [-0.4, -0.2) is 22.3 Å². The minimum atomic E-state index is -0.757. The van der Waals surface area contributed by atoms with Gasteiger partial charge in [0, 0.05) is 33.7 Å². The zero-order chi connectivity index (χ0) is 13.7. The molecule has 2 atom stereocenters. The average Bonchev–Trinajstić information content (AvgIpc) is 3.06. The first-order valence-electron chi connectivity index (χ1n) is 6.07. The van der Waals surface area contributed by atoms with E-state index in [1.165, 1.54) is 11.3 Å². The summed E-state index contributed by atoms with van der Waals surface area (Å²) in [4.78, 5) is 1.10. The van der Waals surface area contributed by atoms with Crippen molar-refractivity contribution in [3.05, 3.63) is 45.5 Å². The Morgan fingerprint density at radius 1 is 1.47 bits per heavy atom. The average molecular weight is 318 g/mol. The number of hydrogen-bond acceptors (Lipinski definition) is 4. The lowest BCUT2D eigenvalue weighted by Gasteiger charge is -2.14. The van der Waals surface area contributed by atoms with Gasteiger partial charge in [-0.2, -0.15) is 0 Å². The fourth-order valence-corrected chi connectivity index (χ4v) is 3.52. The Labute approximate surface area is 124 Å². The maximum absolute atomic E-state index is 11.4. The summed E-state index contributed by atoms with van der Waals surface area (Å²) < 4.78 is 17.7. The summed E-state index contributed by atoms with van der Waals surface area (Å²) in [6.07, 6.45) is 1.66. The van der Waals surface area contributed by atoms with E-state index in [1.54, 1.807) is 6.26 Å². The maximum atomic E-state index is 11.4. The Hall–Kier alpha value is -0.620. The molecule has 0 saturated heterocycles. The van der Waals surface area contributed by atoms with Crippen LogP contribution in [0.1, 0.15) is 23.6 Å². The first kappa shape index (κ1) is 14.8. The van der Waals surface area contributed by atoms with E-state index in [0.29, 0.717) is 18.1 Å². The fraction of sp³-hybridized carbons (Fsp3) is 0.385. The highest BCUT2D eigenvalue weighted by molar-refractivity contribution is 7.84. The molecule has 0 aliphatic rings. The van der Waals surface area contributed by atoms with E-state index in [-0.39, 0.29) is 6.04 Å². The van der Waals surface area contributed by atoms with Gasteiger partial charge in [0.15, 0.2) is 0 Å². The summed E-state index contributed by atoms with van der Waals surface area (Å²) >= 11 is 7.51. The molecule has 2 aromatic heterocycles. The molecule has 6 heteroatoms. The first-order valence-corrected chi connectivity index (χ1v) is 8.76. The minimum absolute atomic E-state index is 0.0265. The summed E-state index contributed by atoms with van der Waals surface area (Å²) in [6.45, 7) is 2.61. The number of rotatable bonds is 7. The number of halogens is 1. The molecule has 0 bridgehead atoms. The Bertz CT molecular complexity index is 524. The number of hydrogen-bond donors (Lipinski definition) is 1. The van der Waals surface area contributed by atoms with Gasteiger partial charge in [-0.1, -0.05) is 18.5 Å². The third kappa shape index (κ3) is 4.18. The maximum Gasteiger partial charge on any atom is 0.126 e. The van der Waals surface area contributed by atoms with E-state index in [2.05, 4.69) is 5.32 Å². The quantitative estimate of drug-likeness (QED) is 0.850. The van der Waals surface area contributed by atoms with Crippen LogP contribution in [-0.2, 0) is 10.8 Å². The van der Waals surface area contributed by atoms with Crippen LogP contribution in [0.3, 0.4) is 0 Å². The van der Waals surface area contributed by atoms with Gasteiger partial charge in [0.1, 0.15) is 11.8 Å². The van der Waals surface area contributed by atoms with Gasteiger partial charge in [0.25, 0.3) is 0 Å². The monoisotopic (exact) mass is 317 g/mol. The molecular formula is C13H16ClNO2S2. The number of nitrogens with one attached hydrogen (secondary N) is 1. The van der Waals surface area contributed by atoms with Gasteiger partial charge in [-0.05, 0) is 24.3 Å². The van der Waals surface area contributed by atoms with Crippen LogP contribution in [0, 0.1) is 0 Å². The molecule has 19 heavy (non-hydrogen) atoms. The smallest absolute Gasteiger partial charge is 0.126 e. The molecule has 1 N–H and O–H groups in total.